The van der Waals surface area contributed by atoms with Gasteiger partial charge in [0.05, 0.1) is 11.3 Å². The fraction of sp³-hybridized carbons (Fsp3) is 0.462. The lowest BCUT2D eigenvalue weighted by molar-refractivity contribution is -0.384. The van der Waals surface area contributed by atoms with Crippen LogP contribution in [0.5, 0.6) is 0 Å². The number of nitro groups is 1. The number of likely N-dealkylation sites (tertiary alicyclic amines) is 1. The number of nitro benzene ring substituents is 1. The first-order chi connectivity index (χ1) is 9.47. The second kappa shape index (κ2) is 7.72. The third-order valence-corrected chi connectivity index (χ3v) is 4.14. The van der Waals surface area contributed by atoms with E-state index in [1.807, 2.05) is 0 Å². The highest BCUT2D eigenvalue weighted by molar-refractivity contribution is 9.10. The summed E-state index contributed by atoms with van der Waals surface area (Å²) < 4.78 is 0.585. The zero-order valence-corrected chi connectivity index (χ0v) is 13.7. The smallest absolute Gasteiger partial charge is 0.270 e. The number of benzene rings is 1. The largest absolute Gasteiger partial charge is 0.341 e. The Kier molecular flexibility index (Phi) is 6.57. The van der Waals surface area contributed by atoms with Crippen LogP contribution in [0.2, 0.25) is 0 Å². The molecule has 1 fully saturated rings. The Labute approximate surface area is 137 Å². The monoisotopic (exact) mass is 377 g/mol. The summed E-state index contributed by atoms with van der Waals surface area (Å²) >= 11 is 3.28. The molecule has 0 bridgehead atoms. The molecular formula is C13H17BrClN3O3. The maximum atomic E-state index is 12.2. The molecule has 116 valence electrons. The zero-order valence-electron chi connectivity index (χ0n) is 11.3. The number of halogens is 2. The van der Waals surface area contributed by atoms with Gasteiger partial charge in [-0.05, 0) is 18.4 Å². The van der Waals surface area contributed by atoms with Gasteiger partial charge in [-0.1, -0.05) is 22.0 Å². The van der Waals surface area contributed by atoms with E-state index in [0.29, 0.717) is 11.0 Å². The lowest BCUT2D eigenvalue weighted by Gasteiger charge is -2.31. The van der Waals surface area contributed by atoms with E-state index in [4.69, 9.17) is 5.73 Å². The van der Waals surface area contributed by atoms with Crippen LogP contribution in [0.25, 0.3) is 0 Å². The van der Waals surface area contributed by atoms with Crippen molar-refractivity contribution in [3.8, 4) is 0 Å². The third-order valence-electron chi connectivity index (χ3n) is 3.40. The van der Waals surface area contributed by atoms with E-state index >= 15 is 0 Å². The second-order valence-electron chi connectivity index (χ2n) is 4.95. The van der Waals surface area contributed by atoms with E-state index in [0.717, 1.165) is 24.9 Å². The lowest BCUT2D eigenvalue weighted by atomic mass is 10.0. The minimum atomic E-state index is -0.458. The van der Waals surface area contributed by atoms with E-state index in [9.17, 15) is 14.9 Å². The molecule has 1 aromatic carbocycles. The van der Waals surface area contributed by atoms with Crippen molar-refractivity contribution in [3.63, 3.8) is 0 Å². The SMILES string of the molecule is Cl.NC1CCCN(C(=O)Cc2ccc([N+](=O)[O-])cc2Br)C1. The van der Waals surface area contributed by atoms with Crippen LogP contribution in [0.15, 0.2) is 22.7 Å². The molecule has 0 spiro atoms. The number of hydrogen-bond acceptors (Lipinski definition) is 4. The summed E-state index contributed by atoms with van der Waals surface area (Å²) in [6.07, 6.45) is 2.10. The van der Waals surface area contributed by atoms with Gasteiger partial charge in [-0.2, -0.15) is 0 Å². The van der Waals surface area contributed by atoms with Crippen LogP contribution in [0, 0.1) is 10.1 Å². The Morgan fingerprint density at radius 3 is 2.81 bits per heavy atom. The zero-order chi connectivity index (χ0) is 14.7. The molecule has 1 heterocycles. The summed E-state index contributed by atoms with van der Waals surface area (Å²) in [6.45, 7) is 1.32. The van der Waals surface area contributed by atoms with Crippen LogP contribution >= 0.6 is 28.3 Å². The molecule has 1 atom stereocenters. The number of carbonyl (C=O) groups excluding carboxylic acids is 1. The molecule has 1 aromatic rings. The highest BCUT2D eigenvalue weighted by Crippen LogP contribution is 2.24. The van der Waals surface area contributed by atoms with Crippen LogP contribution in [-0.4, -0.2) is 34.9 Å². The van der Waals surface area contributed by atoms with E-state index < -0.39 is 4.92 Å². The standard InChI is InChI=1S/C13H16BrN3O3.ClH/c14-12-7-11(17(19)20)4-3-9(12)6-13(18)16-5-1-2-10(15)8-16;/h3-4,7,10H,1-2,5-6,8,15H2;1H. The predicted octanol–water partition coefficient (Wildman–Crippen LogP) is 2.27. The van der Waals surface area contributed by atoms with Gasteiger partial charge in [0, 0.05) is 35.7 Å². The van der Waals surface area contributed by atoms with Crippen molar-refractivity contribution < 1.29 is 9.72 Å². The second-order valence-corrected chi connectivity index (χ2v) is 5.81. The first kappa shape index (κ1) is 17.9. The van der Waals surface area contributed by atoms with Crippen LogP contribution < -0.4 is 5.73 Å². The number of nitrogens with two attached hydrogens (primary N) is 1. The molecule has 1 amide bonds. The molecular weight excluding hydrogens is 362 g/mol. The molecule has 6 nitrogen and oxygen atoms in total. The number of carbonyl (C=O) groups is 1. The average molecular weight is 379 g/mol. The fourth-order valence-electron chi connectivity index (χ4n) is 2.30. The molecule has 1 aliphatic rings. The summed E-state index contributed by atoms with van der Waals surface area (Å²) in [4.78, 5) is 24.2. The van der Waals surface area contributed by atoms with E-state index in [1.165, 1.54) is 12.1 Å². The van der Waals surface area contributed by atoms with Crippen molar-refractivity contribution in [3.05, 3.63) is 38.3 Å². The Morgan fingerprint density at radius 2 is 2.24 bits per heavy atom. The number of hydrogen-bond donors (Lipinski definition) is 1. The van der Waals surface area contributed by atoms with Gasteiger partial charge in [0.15, 0.2) is 0 Å². The molecule has 1 saturated heterocycles. The highest BCUT2D eigenvalue weighted by Gasteiger charge is 2.22. The topological polar surface area (TPSA) is 89.5 Å². The number of piperidine rings is 1. The average Bonchev–Trinajstić information content (AvgIpc) is 2.40. The van der Waals surface area contributed by atoms with Gasteiger partial charge in [-0.3, -0.25) is 14.9 Å². The number of nitrogens with zero attached hydrogens (tertiary/aromatic N) is 2. The molecule has 0 saturated carbocycles. The summed E-state index contributed by atoms with van der Waals surface area (Å²) in [5, 5.41) is 10.7. The van der Waals surface area contributed by atoms with Crippen molar-refractivity contribution >= 4 is 39.9 Å². The van der Waals surface area contributed by atoms with Gasteiger partial charge < -0.3 is 10.6 Å². The van der Waals surface area contributed by atoms with Crippen LogP contribution in [-0.2, 0) is 11.2 Å². The summed E-state index contributed by atoms with van der Waals surface area (Å²) in [5.74, 6) is 0.00898. The number of amides is 1. The van der Waals surface area contributed by atoms with Crippen molar-refractivity contribution in [1.29, 1.82) is 0 Å². The Morgan fingerprint density at radius 1 is 1.52 bits per heavy atom. The predicted molar refractivity (Wildman–Crippen MR) is 85.5 cm³/mol. The van der Waals surface area contributed by atoms with Gasteiger partial charge in [-0.25, -0.2) is 0 Å². The van der Waals surface area contributed by atoms with Crippen molar-refractivity contribution in [1.82, 2.24) is 4.90 Å². The quantitative estimate of drug-likeness (QED) is 0.645. The molecule has 8 heteroatoms. The summed E-state index contributed by atoms with van der Waals surface area (Å²) in [7, 11) is 0. The molecule has 0 aliphatic carbocycles. The Bertz CT molecular complexity index is 541. The van der Waals surface area contributed by atoms with Crippen LogP contribution in [0.3, 0.4) is 0 Å². The normalized spacial score (nSPS) is 18.0. The van der Waals surface area contributed by atoms with Crippen molar-refractivity contribution in [2.24, 2.45) is 5.73 Å². The van der Waals surface area contributed by atoms with E-state index in [1.54, 1.807) is 11.0 Å². The van der Waals surface area contributed by atoms with E-state index in [-0.39, 0.29) is 36.5 Å². The van der Waals surface area contributed by atoms with Gasteiger partial charge >= 0.3 is 0 Å². The number of rotatable bonds is 3. The fourth-order valence-corrected chi connectivity index (χ4v) is 2.81. The van der Waals surface area contributed by atoms with Crippen LogP contribution in [0.1, 0.15) is 18.4 Å². The summed E-state index contributed by atoms with van der Waals surface area (Å²) in [6, 6.07) is 4.50. The van der Waals surface area contributed by atoms with Gasteiger partial charge in [-0.15, -0.1) is 12.4 Å². The van der Waals surface area contributed by atoms with Crippen molar-refractivity contribution in [2.45, 2.75) is 25.3 Å². The molecule has 2 N–H and O–H groups in total. The maximum Gasteiger partial charge on any atom is 0.270 e. The lowest BCUT2D eigenvalue weighted by Crippen LogP contribution is -2.46. The minimum absolute atomic E-state index is 0. The molecule has 1 unspecified atom stereocenters. The first-order valence-electron chi connectivity index (χ1n) is 6.43. The number of non-ortho nitro benzene ring substituents is 1. The molecule has 21 heavy (non-hydrogen) atoms. The third kappa shape index (κ3) is 4.66. The Balaban J connectivity index is 0.00000220. The van der Waals surface area contributed by atoms with Gasteiger partial charge in [0.1, 0.15) is 0 Å². The highest BCUT2D eigenvalue weighted by atomic mass is 79.9. The Hall–Kier alpha value is -1.18. The minimum Gasteiger partial charge on any atom is -0.341 e. The first-order valence-corrected chi connectivity index (χ1v) is 7.23. The molecule has 0 aromatic heterocycles. The van der Waals surface area contributed by atoms with E-state index in [2.05, 4.69) is 15.9 Å². The maximum absolute atomic E-state index is 12.2. The van der Waals surface area contributed by atoms with Gasteiger partial charge in [0.25, 0.3) is 5.69 Å². The van der Waals surface area contributed by atoms with Crippen LogP contribution in [0.4, 0.5) is 5.69 Å². The molecule has 0 radical (unpaired) electrons. The molecule has 2 rings (SSSR count). The van der Waals surface area contributed by atoms with Gasteiger partial charge in [0.2, 0.25) is 5.91 Å². The van der Waals surface area contributed by atoms with Crippen molar-refractivity contribution in [2.75, 3.05) is 13.1 Å². The molecule has 1 aliphatic heterocycles. The summed E-state index contributed by atoms with van der Waals surface area (Å²) in [5.41, 5.74) is 6.62.